The zero-order valence-electron chi connectivity index (χ0n) is 28.9. The first-order valence-corrected chi connectivity index (χ1v) is 19.1. The van der Waals surface area contributed by atoms with Crippen LogP contribution in [-0.2, 0) is 10.3 Å². The maximum Gasteiger partial charge on any atom is 0.204 e. The van der Waals surface area contributed by atoms with E-state index >= 15 is 4.39 Å². The van der Waals surface area contributed by atoms with E-state index in [1.165, 1.54) is 11.3 Å². The number of benzene rings is 3. The number of aryl methyl sites for hydroxylation is 1. The summed E-state index contributed by atoms with van der Waals surface area (Å²) in [6, 6.07) is 34.4. The average Bonchev–Trinajstić information content (AvgIpc) is 3.81. The second kappa shape index (κ2) is 13.6. The minimum atomic E-state index is -0.925. The molecule has 7 aromatic rings. The quantitative estimate of drug-likeness (QED) is 0.149. The SMILES string of the molecule is Cc1ccc(-c2nc(-c3cn(C(c4ccccc4)(c4ccccc4)c4ccccc4)c4ncc(Cl)nc34)nc(NC3C4CCC(CC4)C3[C]=O)c2F)s1. The van der Waals surface area contributed by atoms with E-state index < -0.39 is 11.4 Å². The highest BCUT2D eigenvalue weighted by Crippen LogP contribution is 2.47. The van der Waals surface area contributed by atoms with Gasteiger partial charge in [-0.3, -0.25) is 4.79 Å². The van der Waals surface area contributed by atoms with Crippen molar-refractivity contribution in [2.24, 2.45) is 17.8 Å². The van der Waals surface area contributed by atoms with E-state index in [1.54, 1.807) is 6.20 Å². The van der Waals surface area contributed by atoms with Crippen molar-refractivity contribution in [1.82, 2.24) is 24.5 Å². The van der Waals surface area contributed by atoms with Gasteiger partial charge in [0.25, 0.3) is 0 Å². The molecule has 3 aromatic carbocycles. The Morgan fingerprint density at radius 3 is 2.00 bits per heavy atom. The van der Waals surface area contributed by atoms with Gasteiger partial charge < -0.3 is 9.88 Å². The summed E-state index contributed by atoms with van der Waals surface area (Å²) in [5.74, 6) is -0.0942. The maximum atomic E-state index is 16.8. The Balaban J connectivity index is 1.32. The van der Waals surface area contributed by atoms with Crippen LogP contribution in [0.2, 0.25) is 5.15 Å². The largest absolute Gasteiger partial charge is 0.364 e. The van der Waals surface area contributed by atoms with E-state index in [0.29, 0.717) is 21.6 Å². The van der Waals surface area contributed by atoms with Crippen molar-refractivity contribution in [3.05, 3.63) is 148 Å². The van der Waals surface area contributed by atoms with Crippen LogP contribution in [0.4, 0.5) is 10.2 Å². The van der Waals surface area contributed by atoms with Gasteiger partial charge in [-0.1, -0.05) is 103 Å². The van der Waals surface area contributed by atoms with E-state index in [-0.39, 0.29) is 46.3 Å². The molecule has 3 fully saturated rings. The summed E-state index contributed by atoms with van der Waals surface area (Å²) in [5.41, 5.74) is 3.83. The van der Waals surface area contributed by atoms with Crippen LogP contribution in [0.15, 0.2) is 116 Å². The molecule has 1 N–H and O–H groups in total. The number of anilines is 1. The fourth-order valence-electron chi connectivity index (χ4n) is 8.72. The van der Waals surface area contributed by atoms with Crippen LogP contribution in [0.25, 0.3) is 33.1 Å². The molecule has 0 aliphatic heterocycles. The molecule has 1 radical (unpaired) electrons. The topological polar surface area (TPSA) is 85.6 Å². The number of nitrogens with one attached hydrogen (secondary N) is 1. The number of fused-ring (bicyclic) bond motifs is 4. The Morgan fingerprint density at radius 1 is 0.830 bits per heavy atom. The summed E-state index contributed by atoms with van der Waals surface area (Å²) in [4.78, 5) is 33.7. The van der Waals surface area contributed by atoms with Gasteiger partial charge in [0.15, 0.2) is 23.1 Å². The third-order valence-corrected chi connectivity index (χ3v) is 12.3. The van der Waals surface area contributed by atoms with E-state index in [1.807, 2.05) is 79.9 Å². The van der Waals surface area contributed by atoms with Crippen LogP contribution in [0, 0.1) is 30.5 Å². The summed E-state index contributed by atoms with van der Waals surface area (Å²) in [5, 5.41) is 3.64. The lowest BCUT2D eigenvalue weighted by Crippen LogP contribution is -2.49. The van der Waals surface area contributed by atoms with Gasteiger partial charge >= 0.3 is 0 Å². The van der Waals surface area contributed by atoms with Gasteiger partial charge in [-0.05, 0) is 73.3 Å². The first kappa shape index (κ1) is 33.6. The van der Waals surface area contributed by atoms with E-state index in [9.17, 15) is 4.79 Å². The zero-order valence-corrected chi connectivity index (χ0v) is 30.5. The molecule has 0 spiro atoms. The molecule has 3 aliphatic carbocycles. The van der Waals surface area contributed by atoms with Gasteiger partial charge in [-0.15, -0.1) is 11.3 Å². The molecule has 3 saturated carbocycles. The van der Waals surface area contributed by atoms with E-state index in [2.05, 4.69) is 52.6 Å². The van der Waals surface area contributed by atoms with Crippen LogP contribution in [0.3, 0.4) is 0 Å². The molecule has 0 saturated heterocycles. The summed E-state index contributed by atoms with van der Waals surface area (Å²) in [6.07, 6.45) is 9.77. The average molecular weight is 738 g/mol. The first-order valence-electron chi connectivity index (χ1n) is 17.9. The van der Waals surface area contributed by atoms with Gasteiger partial charge in [0.05, 0.1) is 16.6 Å². The molecule has 53 heavy (non-hydrogen) atoms. The van der Waals surface area contributed by atoms with Crippen LogP contribution in [-0.4, -0.2) is 36.8 Å². The van der Waals surface area contributed by atoms with Gasteiger partial charge in [0.2, 0.25) is 6.29 Å². The van der Waals surface area contributed by atoms with Crippen LogP contribution < -0.4 is 5.32 Å². The Morgan fingerprint density at radius 2 is 1.43 bits per heavy atom. The van der Waals surface area contributed by atoms with Crippen LogP contribution >= 0.6 is 22.9 Å². The molecule has 2 atom stereocenters. The Labute approximate surface area is 316 Å². The summed E-state index contributed by atoms with van der Waals surface area (Å²) >= 11 is 8.07. The highest BCUT2D eigenvalue weighted by molar-refractivity contribution is 7.15. The van der Waals surface area contributed by atoms with Crippen molar-refractivity contribution in [3.8, 4) is 22.0 Å². The van der Waals surface area contributed by atoms with Crippen molar-refractivity contribution in [3.63, 3.8) is 0 Å². The molecule has 2 bridgehead atoms. The third-order valence-electron chi connectivity index (χ3n) is 11.1. The minimum absolute atomic E-state index is 0.0604. The molecule has 10 rings (SSSR count). The first-order chi connectivity index (χ1) is 25.9. The number of rotatable bonds is 9. The number of aromatic nitrogens is 5. The Bertz CT molecular complexity index is 2330. The van der Waals surface area contributed by atoms with Crippen molar-refractivity contribution in [2.45, 2.75) is 44.2 Å². The normalized spacial score (nSPS) is 19.8. The number of hydrogen-bond acceptors (Lipinski definition) is 7. The summed E-state index contributed by atoms with van der Waals surface area (Å²) in [6.45, 7) is 1.98. The monoisotopic (exact) mass is 737 g/mol. The molecule has 4 aromatic heterocycles. The van der Waals surface area contributed by atoms with Gasteiger partial charge in [0, 0.05) is 23.0 Å². The number of hydrogen-bond donors (Lipinski definition) is 1. The van der Waals surface area contributed by atoms with Crippen LogP contribution in [0.1, 0.15) is 47.3 Å². The Kier molecular flexibility index (Phi) is 8.63. The third kappa shape index (κ3) is 5.65. The smallest absolute Gasteiger partial charge is 0.204 e. The highest BCUT2D eigenvalue weighted by atomic mass is 35.5. The number of thiophene rings is 1. The van der Waals surface area contributed by atoms with Crippen molar-refractivity contribution in [2.75, 3.05) is 5.32 Å². The van der Waals surface area contributed by atoms with Crippen LogP contribution in [0.5, 0.6) is 0 Å². The Hall–Kier alpha value is -5.25. The van der Waals surface area contributed by atoms with Gasteiger partial charge in [-0.25, -0.2) is 24.3 Å². The van der Waals surface area contributed by atoms with Crippen molar-refractivity contribution < 1.29 is 9.18 Å². The molecule has 263 valence electrons. The lowest BCUT2D eigenvalue weighted by molar-refractivity contribution is 0.118. The van der Waals surface area contributed by atoms with Gasteiger partial charge in [-0.2, -0.15) is 0 Å². The summed E-state index contributed by atoms with van der Waals surface area (Å²) < 4.78 is 18.9. The molecular weight excluding hydrogens is 703 g/mol. The minimum Gasteiger partial charge on any atom is -0.364 e. The number of nitrogens with zero attached hydrogens (tertiary/aromatic N) is 5. The molecule has 3 aliphatic rings. The molecular formula is C43H35ClFN6OS. The standard InChI is InChI=1S/C43H35ClFN6OS/c1-26-17-22-34(53-26)39-36(45)41(48-37-28-20-18-27(19-21-28)33(37)25-52)50-40(49-39)32-24-51(42-38(32)47-35(44)23-46-42)43(29-11-5-2-6-12-29,30-13-7-3-8-14-30)31-15-9-4-10-16-31/h2-17,22-24,27-28,33,37H,18-21H2,1H3,(H,48,49,50). The second-order valence-electron chi connectivity index (χ2n) is 14.0. The molecule has 10 heteroatoms. The number of carbonyl (C=O) groups excluding carboxylic acids is 1. The van der Waals surface area contributed by atoms with E-state index in [4.69, 9.17) is 31.5 Å². The van der Waals surface area contributed by atoms with E-state index in [0.717, 1.165) is 47.3 Å². The fraction of sp³-hybridized carbons (Fsp3) is 0.233. The predicted octanol–water partition coefficient (Wildman–Crippen LogP) is 9.88. The fourth-order valence-corrected chi connectivity index (χ4v) is 9.70. The highest BCUT2D eigenvalue weighted by Gasteiger charge is 2.45. The molecule has 0 amide bonds. The summed E-state index contributed by atoms with van der Waals surface area (Å²) in [7, 11) is 0. The molecule has 7 nitrogen and oxygen atoms in total. The lowest BCUT2D eigenvalue weighted by Gasteiger charge is -2.46. The predicted molar refractivity (Wildman–Crippen MR) is 208 cm³/mol. The molecule has 4 heterocycles. The van der Waals surface area contributed by atoms with Gasteiger partial charge in [0.1, 0.15) is 21.9 Å². The van der Waals surface area contributed by atoms with Crippen molar-refractivity contribution in [1.29, 1.82) is 0 Å². The maximum absolute atomic E-state index is 16.8. The molecule has 2 unspecified atom stereocenters. The number of halogens is 2. The lowest BCUT2D eigenvalue weighted by atomic mass is 9.62. The second-order valence-corrected chi connectivity index (χ2v) is 15.7. The van der Waals surface area contributed by atoms with Crippen molar-refractivity contribution >= 4 is 46.2 Å². The zero-order chi connectivity index (χ0) is 36.1.